The van der Waals surface area contributed by atoms with Crippen molar-refractivity contribution in [2.75, 3.05) is 12.4 Å². The second-order valence-electron chi connectivity index (χ2n) is 5.93. The highest BCUT2D eigenvalue weighted by molar-refractivity contribution is 8.00. The lowest BCUT2D eigenvalue weighted by Gasteiger charge is -2.11. The van der Waals surface area contributed by atoms with Crippen molar-refractivity contribution in [2.24, 2.45) is 0 Å². The molecule has 2 aromatic heterocycles. The Morgan fingerprint density at radius 3 is 2.92 bits per heavy atom. The van der Waals surface area contributed by atoms with Gasteiger partial charge in [0.25, 0.3) is 11.9 Å². The Morgan fingerprint density at radius 2 is 2.23 bits per heavy atom. The molecule has 2 N–H and O–H groups in total. The number of thiophene rings is 1. The highest BCUT2D eigenvalue weighted by Gasteiger charge is 2.27. The van der Waals surface area contributed by atoms with E-state index in [1.807, 2.05) is 0 Å². The molecule has 0 bridgehead atoms. The van der Waals surface area contributed by atoms with Crippen LogP contribution in [-0.2, 0) is 0 Å². The van der Waals surface area contributed by atoms with Crippen molar-refractivity contribution in [3.8, 4) is 5.75 Å². The number of carbonyl (C=O) groups excluding carboxylic acids is 1. The van der Waals surface area contributed by atoms with E-state index in [4.69, 9.17) is 4.74 Å². The third kappa shape index (κ3) is 3.14. The van der Waals surface area contributed by atoms with Gasteiger partial charge in [-0.1, -0.05) is 17.9 Å². The maximum Gasteiger partial charge on any atom is 0.270 e. The Morgan fingerprint density at radius 1 is 1.42 bits per heavy atom. The van der Waals surface area contributed by atoms with Crippen LogP contribution in [0.5, 0.6) is 5.75 Å². The third-order valence-electron chi connectivity index (χ3n) is 4.30. The third-order valence-corrected chi connectivity index (χ3v) is 7.03. The molecule has 0 saturated heterocycles. The minimum atomic E-state index is -0.430. The predicted octanol–water partition coefficient (Wildman–Crippen LogP) is 3.85. The summed E-state index contributed by atoms with van der Waals surface area (Å²) in [6.07, 6.45) is 4.46. The molecule has 1 aliphatic rings. The largest absolute Gasteiger partial charge is 0.494 e. The molecular formula is C16H16FN5O2S2. The standard InChI is InChI=1S/C16H16FN5O2S2/c1-24-9-6-7-10-11(12(9)17)13(25-8-4-2-3-5-8)14(26-10)15(23)18-16-19-21-22-20-16/h6-8H,2-5H2,1H3,(H2,18,19,20,21,22,23). The number of hydrogen-bond donors (Lipinski definition) is 2. The Labute approximate surface area is 156 Å². The van der Waals surface area contributed by atoms with Gasteiger partial charge in [0.1, 0.15) is 4.88 Å². The average molecular weight is 393 g/mol. The summed E-state index contributed by atoms with van der Waals surface area (Å²) in [5, 5.41) is 16.6. The van der Waals surface area contributed by atoms with E-state index in [9.17, 15) is 9.18 Å². The Bertz CT molecular complexity index is 938. The van der Waals surface area contributed by atoms with Crippen molar-refractivity contribution in [1.29, 1.82) is 0 Å². The SMILES string of the molecule is COc1ccc2sc(C(=O)Nc3nn[nH]n3)c(SC3CCCC3)c2c1F. The van der Waals surface area contributed by atoms with E-state index >= 15 is 0 Å². The molecule has 26 heavy (non-hydrogen) atoms. The Hall–Kier alpha value is -2.20. The van der Waals surface area contributed by atoms with Crippen LogP contribution in [0.4, 0.5) is 10.3 Å². The number of aromatic nitrogens is 4. The summed E-state index contributed by atoms with van der Waals surface area (Å²) < 4.78 is 20.8. The molecule has 1 aliphatic carbocycles. The smallest absolute Gasteiger partial charge is 0.270 e. The molecule has 1 fully saturated rings. The summed E-state index contributed by atoms with van der Waals surface area (Å²) in [6.45, 7) is 0. The number of ether oxygens (including phenoxy) is 1. The van der Waals surface area contributed by atoms with E-state index in [0.29, 0.717) is 25.1 Å². The summed E-state index contributed by atoms with van der Waals surface area (Å²) in [5.74, 6) is -0.539. The van der Waals surface area contributed by atoms with Gasteiger partial charge in [-0.25, -0.2) is 4.39 Å². The van der Waals surface area contributed by atoms with Crippen LogP contribution in [0.2, 0.25) is 0 Å². The number of rotatable bonds is 5. The van der Waals surface area contributed by atoms with E-state index in [-0.39, 0.29) is 17.6 Å². The van der Waals surface area contributed by atoms with Crippen LogP contribution in [0, 0.1) is 5.82 Å². The van der Waals surface area contributed by atoms with Crippen LogP contribution >= 0.6 is 23.1 Å². The van der Waals surface area contributed by atoms with Crippen molar-refractivity contribution in [1.82, 2.24) is 20.6 Å². The lowest BCUT2D eigenvalue weighted by Crippen LogP contribution is -2.13. The molecular weight excluding hydrogens is 377 g/mol. The molecule has 1 saturated carbocycles. The Balaban J connectivity index is 1.79. The Kier molecular flexibility index (Phi) is 4.77. The fourth-order valence-electron chi connectivity index (χ4n) is 3.07. The number of anilines is 1. The van der Waals surface area contributed by atoms with Crippen LogP contribution in [0.1, 0.15) is 35.4 Å². The van der Waals surface area contributed by atoms with Gasteiger partial charge in [0, 0.05) is 20.2 Å². The number of halogens is 1. The van der Waals surface area contributed by atoms with Gasteiger partial charge in [-0.3, -0.25) is 10.1 Å². The van der Waals surface area contributed by atoms with E-state index in [1.165, 1.54) is 18.4 Å². The van der Waals surface area contributed by atoms with Crippen LogP contribution in [0.3, 0.4) is 0 Å². The molecule has 0 radical (unpaired) electrons. The van der Waals surface area contributed by atoms with Crippen molar-refractivity contribution >= 4 is 45.0 Å². The number of aromatic amines is 1. The van der Waals surface area contributed by atoms with Crippen molar-refractivity contribution < 1.29 is 13.9 Å². The molecule has 4 rings (SSSR count). The van der Waals surface area contributed by atoms with Gasteiger partial charge in [-0.2, -0.15) is 5.21 Å². The number of H-pyrrole nitrogens is 1. The molecule has 10 heteroatoms. The maximum atomic E-state index is 15.0. The molecule has 0 atom stereocenters. The second-order valence-corrected chi connectivity index (χ2v) is 8.29. The number of hydrogen-bond acceptors (Lipinski definition) is 7. The number of carbonyl (C=O) groups is 1. The molecule has 136 valence electrons. The van der Waals surface area contributed by atoms with E-state index in [1.54, 1.807) is 23.9 Å². The fraction of sp³-hybridized carbons (Fsp3) is 0.375. The maximum absolute atomic E-state index is 15.0. The summed E-state index contributed by atoms with van der Waals surface area (Å²) in [7, 11) is 1.43. The number of nitrogens with zero attached hydrogens (tertiary/aromatic N) is 3. The zero-order valence-electron chi connectivity index (χ0n) is 13.9. The summed E-state index contributed by atoms with van der Waals surface area (Å²) in [5.41, 5.74) is 0. The van der Waals surface area contributed by atoms with Gasteiger partial charge in [-0.15, -0.1) is 28.2 Å². The number of nitrogens with one attached hydrogen (secondary N) is 2. The van der Waals surface area contributed by atoms with E-state index in [0.717, 1.165) is 25.7 Å². The van der Waals surface area contributed by atoms with Crippen LogP contribution < -0.4 is 10.1 Å². The number of amides is 1. The van der Waals surface area contributed by atoms with E-state index in [2.05, 4.69) is 25.9 Å². The number of tetrazole rings is 1. The van der Waals surface area contributed by atoms with Gasteiger partial charge in [0.15, 0.2) is 11.6 Å². The van der Waals surface area contributed by atoms with Crippen LogP contribution in [0.15, 0.2) is 17.0 Å². The zero-order chi connectivity index (χ0) is 18.1. The molecule has 0 unspecified atom stereocenters. The molecule has 0 aliphatic heterocycles. The van der Waals surface area contributed by atoms with Crippen LogP contribution in [0.25, 0.3) is 10.1 Å². The molecule has 0 spiro atoms. The van der Waals surface area contributed by atoms with Crippen molar-refractivity contribution in [2.45, 2.75) is 35.8 Å². The molecule has 1 aromatic carbocycles. The summed E-state index contributed by atoms with van der Waals surface area (Å²) in [6, 6.07) is 3.37. The number of thioether (sulfide) groups is 1. The van der Waals surface area contributed by atoms with Gasteiger partial charge in [0.05, 0.1) is 7.11 Å². The quantitative estimate of drug-likeness (QED) is 0.684. The highest BCUT2D eigenvalue weighted by Crippen LogP contribution is 2.46. The van der Waals surface area contributed by atoms with Gasteiger partial charge in [-0.05, 0) is 30.2 Å². The van der Waals surface area contributed by atoms with Crippen molar-refractivity contribution in [3.05, 3.63) is 22.8 Å². The average Bonchev–Trinajstić information content (AvgIpc) is 3.37. The molecule has 1 amide bonds. The summed E-state index contributed by atoms with van der Waals surface area (Å²) >= 11 is 2.83. The summed E-state index contributed by atoms with van der Waals surface area (Å²) in [4.78, 5) is 13.9. The monoisotopic (exact) mass is 393 g/mol. The number of benzene rings is 1. The number of methoxy groups -OCH3 is 1. The fourth-order valence-corrected chi connectivity index (χ4v) is 5.81. The highest BCUT2D eigenvalue weighted by atomic mass is 32.2. The van der Waals surface area contributed by atoms with Crippen molar-refractivity contribution in [3.63, 3.8) is 0 Å². The first-order valence-electron chi connectivity index (χ1n) is 8.18. The molecule has 2 heterocycles. The lowest BCUT2D eigenvalue weighted by atomic mass is 10.2. The van der Waals surface area contributed by atoms with Crippen LogP contribution in [-0.4, -0.2) is 38.9 Å². The number of fused-ring (bicyclic) bond motifs is 1. The van der Waals surface area contributed by atoms with Gasteiger partial charge < -0.3 is 4.74 Å². The minimum Gasteiger partial charge on any atom is -0.494 e. The lowest BCUT2D eigenvalue weighted by molar-refractivity contribution is 0.102. The second kappa shape index (κ2) is 7.20. The van der Waals surface area contributed by atoms with Gasteiger partial charge in [0.2, 0.25) is 0 Å². The first-order valence-corrected chi connectivity index (χ1v) is 9.87. The topological polar surface area (TPSA) is 92.8 Å². The molecule has 3 aromatic rings. The molecule has 7 nitrogen and oxygen atoms in total. The van der Waals surface area contributed by atoms with E-state index < -0.39 is 5.82 Å². The first kappa shape index (κ1) is 17.2. The normalized spacial score (nSPS) is 14.8. The predicted molar refractivity (Wildman–Crippen MR) is 98.6 cm³/mol. The van der Waals surface area contributed by atoms with Gasteiger partial charge >= 0.3 is 0 Å². The zero-order valence-corrected chi connectivity index (χ0v) is 15.5. The minimum absolute atomic E-state index is 0.0855. The first-order chi connectivity index (χ1) is 12.7.